The Morgan fingerprint density at radius 1 is 1.12 bits per heavy atom. The average Bonchev–Trinajstić information content (AvgIpc) is 2.62. The van der Waals surface area contributed by atoms with Crippen LogP contribution >= 0.6 is 0 Å². The van der Waals surface area contributed by atoms with Crippen LogP contribution in [0.1, 0.15) is 34.5 Å². The molecule has 3 aromatic rings. The van der Waals surface area contributed by atoms with Crippen LogP contribution in [0.15, 0.2) is 60.9 Å². The summed E-state index contributed by atoms with van der Waals surface area (Å²) in [5.74, 6) is -0.293. The lowest BCUT2D eigenvalue weighted by molar-refractivity contribution is 0.102. The Balaban J connectivity index is 1.72. The number of pyridine rings is 2. The fraction of sp³-hybridized carbons (Fsp3) is 0.150. The zero-order chi connectivity index (χ0) is 18.5. The molecule has 0 radical (unpaired) electrons. The summed E-state index contributed by atoms with van der Waals surface area (Å²) in [7, 11) is 0. The van der Waals surface area contributed by atoms with Crippen molar-refractivity contribution in [2.75, 3.05) is 10.6 Å². The quantitative estimate of drug-likeness (QED) is 0.672. The highest BCUT2D eigenvalue weighted by Gasteiger charge is 2.10. The minimum atomic E-state index is -0.532. The van der Waals surface area contributed by atoms with Gasteiger partial charge in [0, 0.05) is 18.1 Å². The minimum absolute atomic E-state index is 0.109. The SMILES string of the molecule is Cc1cncc(C(=O)Nc2cccc([C@H](C)Nc3cccc(F)n3)c2)c1. The molecule has 5 nitrogen and oxygen atoms in total. The van der Waals surface area contributed by atoms with E-state index in [0.717, 1.165) is 11.1 Å². The van der Waals surface area contributed by atoms with Crippen molar-refractivity contribution < 1.29 is 9.18 Å². The van der Waals surface area contributed by atoms with Gasteiger partial charge < -0.3 is 10.6 Å². The van der Waals surface area contributed by atoms with Gasteiger partial charge in [-0.2, -0.15) is 4.39 Å². The summed E-state index contributed by atoms with van der Waals surface area (Å²) in [5.41, 5.74) is 3.04. The molecule has 26 heavy (non-hydrogen) atoms. The number of hydrogen-bond acceptors (Lipinski definition) is 4. The Morgan fingerprint density at radius 3 is 2.69 bits per heavy atom. The van der Waals surface area contributed by atoms with E-state index in [1.165, 1.54) is 12.3 Å². The summed E-state index contributed by atoms with van der Waals surface area (Å²) < 4.78 is 13.2. The third-order valence-corrected chi connectivity index (χ3v) is 3.86. The van der Waals surface area contributed by atoms with E-state index in [9.17, 15) is 9.18 Å². The first-order chi connectivity index (χ1) is 12.5. The van der Waals surface area contributed by atoms with Gasteiger partial charge in [0.15, 0.2) is 0 Å². The maximum absolute atomic E-state index is 13.2. The molecule has 1 aromatic carbocycles. The Kier molecular flexibility index (Phi) is 5.22. The zero-order valence-corrected chi connectivity index (χ0v) is 14.5. The molecule has 0 bridgehead atoms. The highest BCUT2D eigenvalue weighted by atomic mass is 19.1. The standard InChI is InChI=1S/C20H19FN4O/c1-13-9-16(12-22-11-13)20(26)24-17-6-3-5-15(10-17)14(2)23-19-8-4-7-18(21)25-19/h3-12,14H,1-2H3,(H,23,25)(H,24,26)/t14-/m0/s1. The van der Waals surface area contributed by atoms with Crippen molar-refractivity contribution >= 4 is 17.4 Å². The molecule has 0 fully saturated rings. The molecule has 3 rings (SSSR count). The van der Waals surface area contributed by atoms with Crippen LogP contribution in [0.5, 0.6) is 0 Å². The van der Waals surface area contributed by atoms with Gasteiger partial charge in [0.1, 0.15) is 5.82 Å². The normalized spacial score (nSPS) is 11.7. The number of benzene rings is 1. The molecule has 6 heteroatoms. The van der Waals surface area contributed by atoms with Crippen molar-refractivity contribution in [2.45, 2.75) is 19.9 Å². The summed E-state index contributed by atoms with van der Waals surface area (Å²) >= 11 is 0. The summed E-state index contributed by atoms with van der Waals surface area (Å²) in [5, 5.41) is 6.02. The smallest absolute Gasteiger partial charge is 0.257 e. The molecule has 1 amide bonds. The molecule has 0 unspecified atom stereocenters. The number of halogens is 1. The molecule has 2 aromatic heterocycles. The molecule has 1 atom stereocenters. The number of aryl methyl sites for hydroxylation is 1. The largest absolute Gasteiger partial charge is 0.363 e. The molecule has 2 heterocycles. The fourth-order valence-electron chi connectivity index (χ4n) is 2.56. The van der Waals surface area contributed by atoms with Crippen molar-refractivity contribution in [3.05, 3.63) is 83.6 Å². The number of carbonyl (C=O) groups excluding carboxylic acids is 1. The molecule has 0 aliphatic heterocycles. The van der Waals surface area contributed by atoms with Gasteiger partial charge in [-0.3, -0.25) is 9.78 Å². The fourth-order valence-corrected chi connectivity index (χ4v) is 2.56. The van der Waals surface area contributed by atoms with Crippen LogP contribution in [0.3, 0.4) is 0 Å². The third kappa shape index (κ3) is 4.42. The molecule has 2 N–H and O–H groups in total. The highest BCUT2D eigenvalue weighted by Crippen LogP contribution is 2.21. The van der Waals surface area contributed by atoms with Crippen molar-refractivity contribution in [3.8, 4) is 0 Å². The number of anilines is 2. The number of aromatic nitrogens is 2. The van der Waals surface area contributed by atoms with Gasteiger partial charge >= 0.3 is 0 Å². The average molecular weight is 350 g/mol. The van der Waals surface area contributed by atoms with Gasteiger partial charge in [0.25, 0.3) is 5.91 Å². The maximum Gasteiger partial charge on any atom is 0.257 e. The van der Waals surface area contributed by atoms with Crippen molar-refractivity contribution in [1.82, 2.24) is 9.97 Å². The number of hydrogen-bond donors (Lipinski definition) is 2. The molecular formula is C20H19FN4O. The predicted octanol–water partition coefficient (Wildman–Crippen LogP) is 4.35. The van der Waals surface area contributed by atoms with E-state index < -0.39 is 5.95 Å². The van der Waals surface area contributed by atoms with E-state index in [1.54, 1.807) is 24.4 Å². The lowest BCUT2D eigenvalue weighted by atomic mass is 10.1. The molecule has 0 aliphatic rings. The monoisotopic (exact) mass is 350 g/mol. The van der Waals surface area contributed by atoms with Gasteiger partial charge in [0.05, 0.1) is 11.6 Å². The lowest BCUT2D eigenvalue weighted by Crippen LogP contribution is -2.13. The third-order valence-electron chi connectivity index (χ3n) is 3.86. The molecule has 0 aliphatic carbocycles. The Morgan fingerprint density at radius 2 is 1.92 bits per heavy atom. The number of carbonyl (C=O) groups is 1. The van der Waals surface area contributed by atoms with Crippen LogP contribution < -0.4 is 10.6 Å². The summed E-state index contributed by atoms with van der Waals surface area (Å²) in [6, 6.07) is 13.8. The Labute approximate surface area is 151 Å². The van der Waals surface area contributed by atoms with Crippen LogP contribution in [0.2, 0.25) is 0 Å². The number of rotatable bonds is 5. The van der Waals surface area contributed by atoms with Crippen LogP contribution in [-0.2, 0) is 0 Å². The Hall–Kier alpha value is -3.28. The summed E-state index contributed by atoms with van der Waals surface area (Å²) in [6.45, 7) is 3.83. The zero-order valence-electron chi connectivity index (χ0n) is 14.5. The van der Waals surface area contributed by atoms with Crippen LogP contribution in [0.25, 0.3) is 0 Å². The van der Waals surface area contributed by atoms with E-state index in [4.69, 9.17) is 0 Å². The van der Waals surface area contributed by atoms with Gasteiger partial charge in [-0.15, -0.1) is 0 Å². The van der Waals surface area contributed by atoms with E-state index >= 15 is 0 Å². The van der Waals surface area contributed by atoms with Crippen molar-refractivity contribution in [3.63, 3.8) is 0 Å². The molecule has 0 saturated heterocycles. The minimum Gasteiger partial charge on any atom is -0.363 e. The molecule has 0 saturated carbocycles. The highest BCUT2D eigenvalue weighted by molar-refractivity contribution is 6.04. The first kappa shape index (κ1) is 17.5. The first-order valence-electron chi connectivity index (χ1n) is 8.23. The maximum atomic E-state index is 13.2. The van der Waals surface area contributed by atoms with Gasteiger partial charge in [0.2, 0.25) is 5.95 Å². The van der Waals surface area contributed by atoms with Crippen LogP contribution in [0, 0.1) is 12.9 Å². The van der Waals surface area contributed by atoms with E-state index in [-0.39, 0.29) is 11.9 Å². The van der Waals surface area contributed by atoms with E-state index in [2.05, 4.69) is 20.6 Å². The lowest BCUT2D eigenvalue weighted by Gasteiger charge is -2.16. The van der Waals surface area contributed by atoms with Crippen LogP contribution in [0.4, 0.5) is 15.9 Å². The second kappa shape index (κ2) is 7.74. The topological polar surface area (TPSA) is 66.9 Å². The second-order valence-electron chi connectivity index (χ2n) is 6.04. The van der Waals surface area contributed by atoms with Crippen molar-refractivity contribution in [2.24, 2.45) is 0 Å². The van der Waals surface area contributed by atoms with Gasteiger partial charge in [-0.25, -0.2) is 4.98 Å². The number of amides is 1. The van der Waals surface area contributed by atoms with E-state index in [1.807, 2.05) is 38.1 Å². The van der Waals surface area contributed by atoms with Crippen LogP contribution in [-0.4, -0.2) is 15.9 Å². The Bertz CT molecular complexity index is 929. The van der Waals surface area contributed by atoms with Gasteiger partial charge in [-0.1, -0.05) is 18.2 Å². The summed E-state index contributed by atoms with van der Waals surface area (Å²) in [4.78, 5) is 20.2. The number of nitrogens with one attached hydrogen (secondary N) is 2. The molecule has 132 valence electrons. The first-order valence-corrected chi connectivity index (χ1v) is 8.23. The second-order valence-corrected chi connectivity index (χ2v) is 6.04. The predicted molar refractivity (Wildman–Crippen MR) is 99.6 cm³/mol. The van der Waals surface area contributed by atoms with E-state index in [0.29, 0.717) is 17.1 Å². The van der Waals surface area contributed by atoms with Gasteiger partial charge in [-0.05, 0) is 55.3 Å². The summed E-state index contributed by atoms with van der Waals surface area (Å²) in [6.07, 6.45) is 3.23. The molecule has 0 spiro atoms. The number of nitrogens with zero attached hydrogens (tertiary/aromatic N) is 2. The van der Waals surface area contributed by atoms with Crippen molar-refractivity contribution in [1.29, 1.82) is 0 Å². The molecular weight excluding hydrogens is 331 g/mol.